The highest BCUT2D eigenvalue weighted by Gasteiger charge is 2.61. The maximum Gasteiger partial charge on any atom is 0.252 e. The largest absolute Gasteiger partial charge is 0.335 e. The van der Waals surface area contributed by atoms with Gasteiger partial charge in [-0.05, 0) is 84.2 Å². The minimum absolute atomic E-state index is 0.0174. The average Bonchev–Trinajstić information content (AvgIpc) is 3.58. The maximum absolute atomic E-state index is 2.83. The molecule has 1 aliphatic carbocycles. The number of aromatic nitrogens is 1. The molecule has 1 fully saturated rings. The highest BCUT2D eigenvalue weighted by molar-refractivity contribution is 7.00. The fraction of sp³-hybridized carbons (Fsp3) is 0.182. The molecule has 0 bridgehead atoms. The summed E-state index contributed by atoms with van der Waals surface area (Å²) >= 11 is 0. The zero-order valence-corrected chi connectivity index (χ0v) is 27.4. The fourth-order valence-corrected chi connectivity index (χ4v) is 10.4. The van der Waals surface area contributed by atoms with E-state index in [1.54, 1.807) is 5.56 Å². The van der Waals surface area contributed by atoms with Crippen LogP contribution in [0.2, 0.25) is 0 Å². The van der Waals surface area contributed by atoms with Crippen LogP contribution in [0.5, 0.6) is 0 Å². The fourth-order valence-electron chi connectivity index (χ4n) is 10.4. The molecular formula is C44H36BN3. The third kappa shape index (κ3) is 3.12. The minimum Gasteiger partial charge on any atom is -0.335 e. The van der Waals surface area contributed by atoms with Crippen LogP contribution in [0.1, 0.15) is 45.1 Å². The summed E-state index contributed by atoms with van der Waals surface area (Å²) in [7, 11) is 0. The lowest BCUT2D eigenvalue weighted by Gasteiger charge is -2.52. The Labute approximate surface area is 282 Å². The van der Waals surface area contributed by atoms with Crippen LogP contribution in [-0.2, 0) is 5.41 Å². The topological polar surface area (TPSA) is 11.4 Å². The lowest BCUT2D eigenvalue weighted by atomic mass is 9.33. The molecule has 0 N–H and O–H groups in total. The summed E-state index contributed by atoms with van der Waals surface area (Å²) in [5.74, 6) is 0. The molecule has 7 aromatic rings. The van der Waals surface area contributed by atoms with E-state index >= 15 is 0 Å². The van der Waals surface area contributed by atoms with Crippen molar-refractivity contribution < 1.29 is 0 Å². The quantitative estimate of drug-likeness (QED) is 0.183. The van der Waals surface area contributed by atoms with Gasteiger partial charge in [0.2, 0.25) is 0 Å². The molecule has 11 rings (SSSR count). The van der Waals surface area contributed by atoms with Crippen LogP contribution in [-0.4, -0.2) is 16.8 Å². The molecule has 6 aromatic carbocycles. The van der Waals surface area contributed by atoms with Gasteiger partial charge in [-0.15, -0.1) is 0 Å². The lowest BCUT2D eigenvalue weighted by Crippen LogP contribution is -2.64. The van der Waals surface area contributed by atoms with Crippen molar-refractivity contribution in [1.29, 1.82) is 0 Å². The number of nitrogens with zero attached hydrogens (tertiary/aromatic N) is 3. The molecule has 0 amide bonds. The van der Waals surface area contributed by atoms with Crippen LogP contribution in [0.4, 0.5) is 28.4 Å². The van der Waals surface area contributed by atoms with E-state index < -0.39 is 0 Å². The predicted octanol–water partition coefficient (Wildman–Crippen LogP) is 9.14. The van der Waals surface area contributed by atoms with E-state index in [9.17, 15) is 0 Å². The van der Waals surface area contributed by atoms with Gasteiger partial charge in [0.1, 0.15) is 0 Å². The monoisotopic (exact) mass is 617 g/mol. The first-order valence-corrected chi connectivity index (χ1v) is 17.6. The highest BCUT2D eigenvalue weighted by atomic mass is 15.3. The van der Waals surface area contributed by atoms with Crippen molar-refractivity contribution in [2.24, 2.45) is 0 Å². The molecule has 4 heteroatoms. The number of benzene rings is 6. The molecule has 3 aliphatic heterocycles. The van der Waals surface area contributed by atoms with Crippen molar-refractivity contribution in [3.8, 4) is 5.69 Å². The van der Waals surface area contributed by atoms with Gasteiger partial charge in [0.05, 0.1) is 16.7 Å². The van der Waals surface area contributed by atoms with Gasteiger partial charge < -0.3 is 14.4 Å². The molecule has 1 aromatic heterocycles. The highest BCUT2D eigenvalue weighted by Crippen LogP contribution is 2.61. The number of anilines is 5. The molecule has 0 saturated heterocycles. The van der Waals surface area contributed by atoms with Crippen LogP contribution >= 0.6 is 0 Å². The Morgan fingerprint density at radius 2 is 1.25 bits per heavy atom. The van der Waals surface area contributed by atoms with Crippen LogP contribution in [0.15, 0.2) is 133 Å². The zero-order valence-electron chi connectivity index (χ0n) is 27.4. The molecule has 230 valence electrons. The van der Waals surface area contributed by atoms with Crippen LogP contribution in [0.3, 0.4) is 0 Å². The second-order valence-electron chi connectivity index (χ2n) is 14.8. The van der Waals surface area contributed by atoms with E-state index in [-0.39, 0.29) is 17.7 Å². The van der Waals surface area contributed by atoms with Crippen LogP contribution in [0, 0.1) is 0 Å². The summed E-state index contributed by atoms with van der Waals surface area (Å²) in [5, 5.41) is 2.66. The normalized spacial score (nSPS) is 21.3. The van der Waals surface area contributed by atoms with E-state index in [0.29, 0.717) is 0 Å². The van der Waals surface area contributed by atoms with E-state index in [1.165, 1.54) is 86.6 Å². The number of hydrogen-bond acceptors (Lipinski definition) is 2. The summed E-state index contributed by atoms with van der Waals surface area (Å²) < 4.78 is 2.60. The van der Waals surface area contributed by atoms with Gasteiger partial charge in [0, 0.05) is 50.1 Å². The summed E-state index contributed by atoms with van der Waals surface area (Å²) in [6.07, 6.45) is 4.97. The van der Waals surface area contributed by atoms with Gasteiger partial charge in [-0.1, -0.05) is 111 Å². The van der Waals surface area contributed by atoms with Gasteiger partial charge in [-0.3, -0.25) is 0 Å². The molecule has 0 spiro atoms. The molecule has 1 saturated carbocycles. The van der Waals surface area contributed by atoms with E-state index in [1.807, 2.05) is 0 Å². The van der Waals surface area contributed by atoms with Crippen molar-refractivity contribution in [2.75, 3.05) is 9.80 Å². The first-order valence-electron chi connectivity index (χ1n) is 17.6. The molecular weight excluding hydrogens is 581 g/mol. The summed E-state index contributed by atoms with van der Waals surface area (Å²) in [6.45, 7) is 5.31. The Kier molecular flexibility index (Phi) is 5.15. The Morgan fingerprint density at radius 3 is 2.04 bits per heavy atom. The molecule has 4 aliphatic rings. The smallest absolute Gasteiger partial charge is 0.252 e. The van der Waals surface area contributed by atoms with Crippen LogP contribution < -0.4 is 26.2 Å². The van der Waals surface area contributed by atoms with Gasteiger partial charge in [-0.25, -0.2) is 0 Å². The molecule has 2 atom stereocenters. The minimum atomic E-state index is -0.0174. The molecule has 0 radical (unpaired) electrons. The van der Waals surface area contributed by atoms with Gasteiger partial charge in [-0.2, -0.15) is 0 Å². The Morgan fingerprint density at radius 1 is 0.604 bits per heavy atom. The Balaban J connectivity index is 1.32. The SMILES string of the molecule is CC12CCCCC1(C)N1c3cc(N(c4ccccc4)c4ccccc4)cc4c3B(c3cccc2c31)c1cccc2c3ccccc3n-4c12. The molecule has 3 nitrogen and oxygen atoms in total. The first kappa shape index (κ1) is 26.8. The zero-order chi connectivity index (χ0) is 31.8. The van der Waals surface area contributed by atoms with Crippen molar-refractivity contribution in [3.63, 3.8) is 0 Å². The van der Waals surface area contributed by atoms with E-state index in [2.05, 4.69) is 162 Å². The van der Waals surface area contributed by atoms with Crippen molar-refractivity contribution >= 4 is 73.3 Å². The third-order valence-corrected chi connectivity index (χ3v) is 12.7. The molecule has 48 heavy (non-hydrogen) atoms. The van der Waals surface area contributed by atoms with E-state index in [0.717, 1.165) is 11.4 Å². The maximum atomic E-state index is 2.83. The summed E-state index contributed by atoms with van der Waals surface area (Å²) in [6, 6.07) is 50.1. The van der Waals surface area contributed by atoms with Crippen LogP contribution in [0.25, 0.3) is 27.5 Å². The lowest BCUT2D eigenvalue weighted by molar-refractivity contribution is 0.195. The second-order valence-corrected chi connectivity index (χ2v) is 14.8. The van der Waals surface area contributed by atoms with Crippen molar-refractivity contribution in [1.82, 2.24) is 4.57 Å². The van der Waals surface area contributed by atoms with Gasteiger partial charge in [0.25, 0.3) is 6.71 Å². The van der Waals surface area contributed by atoms with Gasteiger partial charge in [0.15, 0.2) is 0 Å². The number of hydrogen-bond donors (Lipinski definition) is 0. The Hall–Kier alpha value is -5.22. The third-order valence-electron chi connectivity index (χ3n) is 12.7. The van der Waals surface area contributed by atoms with Gasteiger partial charge >= 0.3 is 0 Å². The number of para-hydroxylation sites is 5. The van der Waals surface area contributed by atoms with Crippen molar-refractivity contribution in [3.05, 3.63) is 139 Å². The summed E-state index contributed by atoms with van der Waals surface area (Å²) in [5.41, 5.74) is 16.2. The average molecular weight is 618 g/mol. The predicted molar refractivity (Wildman–Crippen MR) is 203 cm³/mol. The number of rotatable bonds is 3. The van der Waals surface area contributed by atoms with Crippen molar-refractivity contribution in [2.45, 2.75) is 50.5 Å². The second kappa shape index (κ2) is 9.23. The first-order chi connectivity index (χ1) is 23.6. The molecule has 4 heterocycles. The number of fused-ring (bicyclic) bond motifs is 10. The Bertz CT molecular complexity index is 2430. The van der Waals surface area contributed by atoms with E-state index in [4.69, 9.17) is 0 Å². The summed E-state index contributed by atoms with van der Waals surface area (Å²) in [4.78, 5) is 5.29. The molecule has 2 unspecified atom stereocenters. The standard InChI is InChI=1S/C44H36BN3/c1-43-25-11-12-26-44(43,2)48-39-28-31(46(29-15-5-3-6-16-29)30-17-7-4-8-18-30)27-38-40(39)45(36-23-14-21-34(43)42(36)48)35-22-13-20-33-32-19-9-10-24-37(32)47(38)41(33)35/h3-10,13-24,27-28H,11-12,25-26H2,1-2H3.